The van der Waals surface area contributed by atoms with E-state index in [-0.39, 0.29) is 19.1 Å². The van der Waals surface area contributed by atoms with Crippen molar-refractivity contribution in [2.75, 3.05) is 49.6 Å². The molecule has 3 aromatic carbocycles. The first-order chi connectivity index (χ1) is 17.1. The molecule has 2 N–H and O–H groups in total. The third kappa shape index (κ3) is 4.74. The van der Waals surface area contributed by atoms with E-state index in [1.54, 1.807) is 6.07 Å². The molecule has 0 unspecified atom stereocenters. The molecule has 5 rings (SSSR count). The van der Waals surface area contributed by atoms with E-state index in [0.717, 1.165) is 27.5 Å². The Hall–Kier alpha value is -4.17. The van der Waals surface area contributed by atoms with Gasteiger partial charge in [0, 0.05) is 48.3 Å². The largest absolute Gasteiger partial charge is 0.447 e. The van der Waals surface area contributed by atoms with Crippen molar-refractivity contribution in [2.45, 2.75) is 0 Å². The van der Waals surface area contributed by atoms with E-state index in [0.29, 0.717) is 37.4 Å². The SMILES string of the molecule is O=C(Nc1cccc(N2CCN(C(=O)c3c4ccccc4nc4ccccc34)CC2)c1)OCCO. The number of pyridine rings is 1. The lowest BCUT2D eigenvalue weighted by molar-refractivity contribution is 0.0750. The molecule has 2 heterocycles. The maximum absolute atomic E-state index is 13.7. The first-order valence-electron chi connectivity index (χ1n) is 11.6. The van der Waals surface area contributed by atoms with Gasteiger partial charge in [0.15, 0.2) is 0 Å². The van der Waals surface area contributed by atoms with Crippen LogP contribution in [0.5, 0.6) is 0 Å². The summed E-state index contributed by atoms with van der Waals surface area (Å²) in [4.78, 5) is 34.3. The van der Waals surface area contributed by atoms with Gasteiger partial charge in [0.2, 0.25) is 0 Å². The Bertz CT molecular complexity index is 1330. The maximum Gasteiger partial charge on any atom is 0.411 e. The Balaban J connectivity index is 1.33. The van der Waals surface area contributed by atoms with Gasteiger partial charge in [0.1, 0.15) is 6.61 Å². The standard InChI is InChI=1S/C27H26N4O4/c32-16-17-35-27(34)28-19-6-5-7-20(18-19)30-12-14-31(15-13-30)26(33)25-21-8-1-3-10-23(21)29-24-11-4-2-9-22(24)25/h1-11,18,32H,12-17H2,(H,28,34). The van der Waals surface area contributed by atoms with Gasteiger partial charge in [-0.1, -0.05) is 42.5 Å². The van der Waals surface area contributed by atoms with E-state index >= 15 is 0 Å². The topological polar surface area (TPSA) is 95.0 Å². The van der Waals surface area contributed by atoms with E-state index in [1.165, 1.54) is 0 Å². The number of ether oxygens (including phenoxy) is 1. The van der Waals surface area contributed by atoms with Crippen molar-refractivity contribution in [1.29, 1.82) is 0 Å². The van der Waals surface area contributed by atoms with Gasteiger partial charge in [-0.2, -0.15) is 0 Å². The normalized spacial score (nSPS) is 13.7. The number of aromatic nitrogens is 1. The highest BCUT2D eigenvalue weighted by Gasteiger charge is 2.25. The van der Waals surface area contributed by atoms with E-state index in [4.69, 9.17) is 14.8 Å². The minimum absolute atomic E-state index is 0.0153. The van der Waals surface area contributed by atoms with Gasteiger partial charge < -0.3 is 19.6 Å². The maximum atomic E-state index is 13.7. The first-order valence-corrected chi connectivity index (χ1v) is 11.6. The molecular formula is C27H26N4O4. The zero-order valence-corrected chi connectivity index (χ0v) is 19.2. The Morgan fingerprint density at radius 2 is 1.54 bits per heavy atom. The second-order valence-electron chi connectivity index (χ2n) is 8.34. The second kappa shape index (κ2) is 9.99. The Morgan fingerprint density at radius 1 is 0.886 bits per heavy atom. The number of hydrogen-bond acceptors (Lipinski definition) is 6. The number of nitrogens with one attached hydrogen (secondary N) is 1. The van der Waals surface area contributed by atoms with Crippen LogP contribution in [0.4, 0.5) is 16.2 Å². The highest BCUT2D eigenvalue weighted by atomic mass is 16.6. The number of fused-ring (bicyclic) bond motifs is 2. The minimum Gasteiger partial charge on any atom is -0.447 e. The Morgan fingerprint density at radius 3 is 2.20 bits per heavy atom. The van der Waals surface area contributed by atoms with Crippen molar-refractivity contribution >= 4 is 45.2 Å². The van der Waals surface area contributed by atoms with Crippen LogP contribution >= 0.6 is 0 Å². The van der Waals surface area contributed by atoms with Gasteiger partial charge in [0.05, 0.1) is 23.2 Å². The minimum atomic E-state index is -0.608. The summed E-state index contributed by atoms with van der Waals surface area (Å²) in [6, 6.07) is 23.1. The average Bonchev–Trinajstić information content (AvgIpc) is 2.90. The highest BCUT2D eigenvalue weighted by Crippen LogP contribution is 2.28. The van der Waals surface area contributed by atoms with Gasteiger partial charge in [-0.05, 0) is 30.3 Å². The van der Waals surface area contributed by atoms with Crippen LogP contribution in [0.1, 0.15) is 10.4 Å². The Labute approximate surface area is 202 Å². The summed E-state index contributed by atoms with van der Waals surface area (Å²) in [6.07, 6.45) is -0.608. The average molecular weight is 471 g/mol. The fraction of sp³-hybridized carbons (Fsp3) is 0.222. The summed E-state index contributed by atoms with van der Waals surface area (Å²) < 4.78 is 4.86. The molecule has 0 saturated carbocycles. The molecule has 0 spiro atoms. The van der Waals surface area contributed by atoms with E-state index in [1.807, 2.05) is 71.6 Å². The fourth-order valence-electron chi connectivity index (χ4n) is 4.47. The molecule has 0 bridgehead atoms. The molecule has 178 valence electrons. The van der Waals surface area contributed by atoms with Crippen molar-refractivity contribution < 1.29 is 19.4 Å². The lowest BCUT2D eigenvalue weighted by Gasteiger charge is -2.36. The predicted molar refractivity (Wildman–Crippen MR) is 136 cm³/mol. The van der Waals surface area contributed by atoms with Crippen LogP contribution in [0.15, 0.2) is 72.8 Å². The summed E-state index contributed by atoms with van der Waals surface area (Å²) in [6.45, 7) is 2.24. The van der Waals surface area contributed by atoms with Crippen molar-refractivity contribution in [1.82, 2.24) is 9.88 Å². The van der Waals surface area contributed by atoms with Gasteiger partial charge in [0.25, 0.3) is 5.91 Å². The number of carbonyl (C=O) groups excluding carboxylic acids is 2. The van der Waals surface area contributed by atoms with Crippen molar-refractivity contribution in [3.8, 4) is 0 Å². The zero-order chi connectivity index (χ0) is 24.2. The zero-order valence-electron chi connectivity index (χ0n) is 19.2. The molecule has 8 nitrogen and oxygen atoms in total. The summed E-state index contributed by atoms with van der Waals surface area (Å²) >= 11 is 0. The van der Waals surface area contributed by atoms with Crippen LogP contribution in [0.2, 0.25) is 0 Å². The molecule has 1 saturated heterocycles. The van der Waals surface area contributed by atoms with Crippen LogP contribution in [0, 0.1) is 0 Å². The van der Waals surface area contributed by atoms with Crippen LogP contribution in [0.3, 0.4) is 0 Å². The lowest BCUT2D eigenvalue weighted by atomic mass is 10.0. The summed E-state index contributed by atoms with van der Waals surface area (Å²) in [5.41, 5.74) is 3.90. The molecule has 2 amide bonds. The molecular weight excluding hydrogens is 444 g/mol. The van der Waals surface area contributed by atoms with E-state index < -0.39 is 6.09 Å². The number of aliphatic hydroxyl groups excluding tert-OH is 1. The molecule has 4 aromatic rings. The molecule has 1 aliphatic heterocycles. The smallest absolute Gasteiger partial charge is 0.411 e. The third-order valence-electron chi connectivity index (χ3n) is 6.15. The van der Waals surface area contributed by atoms with Gasteiger partial charge in [-0.15, -0.1) is 0 Å². The van der Waals surface area contributed by atoms with E-state index in [2.05, 4.69) is 10.2 Å². The van der Waals surface area contributed by atoms with Crippen LogP contribution in [-0.4, -0.2) is 66.4 Å². The molecule has 1 aliphatic rings. The molecule has 0 radical (unpaired) electrons. The number of carbonyl (C=O) groups is 2. The molecule has 35 heavy (non-hydrogen) atoms. The molecule has 1 aromatic heterocycles. The second-order valence-corrected chi connectivity index (χ2v) is 8.34. The molecule has 1 fully saturated rings. The van der Waals surface area contributed by atoms with Crippen LogP contribution < -0.4 is 10.2 Å². The number of piperazine rings is 1. The summed E-state index contributed by atoms with van der Waals surface area (Å²) in [7, 11) is 0. The van der Waals surface area contributed by atoms with Gasteiger partial charge >= 0.3 is 6.09 Å². The van der Waals surface area contributed by atoms with E-state index in [9.17, 15) is 9.59 Å². The summed E-state index contributed by atoms with van der Waals surface area (Å²) in [5, 5.41) is 13.2. The lowest BCUT2D eigenvalue weighted by Crippen LogP contribution is -2.48. The van der Waals surface area contributed by atoms with Gasteiger partial charge in [-0.3, -0.25) is 10.1 Å². The molecule has 8 heteroatoms. The molecule has 0 aliphatic carbocycles. The number of rotatable bonds is 5. The number of nitrogens with zero attached hydrogens (tertiary/aromatic N) is 3. The number of hydrogen-bond donors (Lipinski definition) is 2. The number of anilines is 2. The third-order valence-corrected chi connectivity index (χ3v) is 6.15. The van der Waals surface area contributed by atoms with Crippen molar-refractivity contribution in [3.63, 3.8) is 0 Å². The number of aliphatic hydroxyl groups is 1. The highest BCUT2D eigenvalue weighted by molar-refractivity contribution is 6.16. The van der Waals surface area contributed by atoms with Crippen LogP contribution in [0.25, 0.3) is 21.8 Å². The van der Waals surface area contributed by atoms with Crippen molar-refractivity contribution in [2.24, 2.45) is 0 Å². The van der Waals surface area contributed by atoms with Crippen molar-refractivity contribution in [3.05, 3.63) is 78.4 Å². The quantitative estimate of drug-likeness (QED) is 0.430. The fourth-order valence-corrected chi connectivity index (χ4v) is 4.47. The number of amides is 2. The Kier molecular flexibility index (Phi) is 6.45. The predicted octanol–water partition coefficient (Wildman–Crippen LogP) is 3.89. The molecule has 0 atom stereocenters. The monoisotopic (exact) mass is 470 g/mol. The number of para-hydroxylation sites is 2. The number of benzene rings is 3. The van der Waals surface area contributed by atoms with Gasteiger partial charge in [-0.25, -0.2) is 9.78 Å². The van der Waals surface area contributed by atoms with Crippen LogP contribution in [-0.2, 0) is 4.74 Å². The first kappa shape index (κ1) is 22.6. The summed E-state index contributed by atoms with van der Waals surface area (Å²) in [5.74, 6) is 0.0153.